The highest BCUT2D eigenvalue weighted by molar-refractivity contribution is 5.10. The van der Waals surface area contributed by atoms with E-state index in [-0.39, 0.29) is 25.1 Å². The first-order valence-corrected chi connectivity index (χ1v) is 5.76. The highest BCUT2D eigenvalue weighted by atomic mass is 19.4. The quantitative estimate of drug-likeness (QED) is 0.862. The molecule has 1 aliphatic carbocycles. The van der Waals surface area contributed by atoms with Gasteiger partial charge in [-0.25, -0.2) is 4.79 Å². The minimum absolute atomic E-state index is 0.0231. The molecule has 1 heterocycles. The number of nitrogens with one attached hydrogen (secondary N) is 1. The van der Waals surface area contributed by atoms with Gasteiger partial charge < -0.3 is 0 Å². The number of aromatic nitrogens is 2. The summed E-state index contributed by atoms with van der Waals surface area (Å²) < 4.78 is 40.2. The van der Waals surface area contributed by atoms with E-state index in [2.05, 4.69) is 5.32 Å². The zero-order chi connectivity index (χ0) is 14.4. The maximum atomic E-state index is 12.7. The van der Waals surface area contributed by atoms with Crippen LogP contribution in [0.3, 0.4) is 0 Å². The smallest absolute Gasteiger partial charge is 0.299 e. The third-order valence-electron chi connectivity index (χ3n) is 3.53. The zero-order valence-corrected chi connectivity index (χ0v) is 10.5. The first-order valence-electron chi connectivity index (χ1n) is 5.76. The van der Waals surface area contributed by atoms with Crippen LogP contribution in [0, 0.1) is 0 Å². The maximum absolute atomic E-state index is 12.7. The normalized spacial score (nSPS) is 17.5. The van der Waals surface area contributed by atoms with Crippen LogP contribution in [-0.2, 0) is 20.6 Å². The first kappa shape index (κ1) is 13.9. The third-order valence-corrected chi connectivity index (χ3v) is 3.53. The molecule has 0 aromatic carbocycles. The Bertz CT molecular complexity index is 611. The van der Waals surface area contributed by atoms with E-state index in [9.17, 15) is 22.8 Å². The molecule has 2 rings (SSSR count). The number of hydrogen-bond acceptors (Lipinski definition) is 3. The number of halogens is 3. The summed E-state index contributed by atoms with van der Waals surface area (Å²) in [6.07, 6.45) is -4.27. The number of rotatable bonds is 3. The molecule has 106 valence electrons. The molecule has 0 radical (unpaired) electrons. The van der Waals surface area contributed by atoms with Crippen LogP contribution in [0.2, 0.25) is 0 Å². The molecule has 19 heavy (non-hydrogen) atoms. The summed E-state index contributed by atoms with van der Waals surface area (Å²) in [5.41, 5.74) is -2.70. The fourth-order valence-corrected chi connectivity index (χ4v) is 1.89. The van der Waals surface area contributed by atoms with Crippen molar-refractivity contribution in [3.05, 3.63) is 32.6 Å². The van der Waals surface area contributed by atoms with Gasteiger partial charge in [-0.3, -0.25) is 19.2 Å². The first-order chi connectivity index (χ1) is 8.68. The largest absolute Gasteiger partial charge is 0.406 e. The number of hydrogen-bond donors (Lipinski definition) is 1. The van der Waals surface area contributed by atoms with Crippen LogP contribution >= 0.6 is 0 Å². The monoisotopic (exact) mass is 277 g/mol. The molecule has 0 unspecified atom stereocenters. The van der Waals surface area contributed by atoms with Gasteiger partial charge in [-0.05, 0) is 12.8 Å². The molecule has 0 amide bonds. The molecule has 5 nitrogen and oxygen atoms in total. The van der Waals surface area contributed by atoms with E-state index < -0.39 is 23.0 Å². The summed E-state index contributed by atoms with van der Waals surface area (Å²) in [7, 11) is 2.74. The van der Waals surface area contributed by atoms with Crippen LogP contribution < -0.4 is 16.6 Å². The Hall–Kier alpha value is -1.57. The lowest BCUT2D eigenvalue weighted by Crippen LogP contribution is -2.46. The average molecular weight is 277 g/mol. The van der Waals surface area contributed by atoms with Gasteiger partial charge in [0.25, 0.3) is 5.56 Å². The van der Waals surface area contributed by atoms with Gasteiger partial charge in [0.15, 0.2) is 0 Å². The molecule has 8 heteroatoms. The van der Waals surface area contributed by atoms with Crippen LogP contribution in [0.5, 0.6) is 0 Å². The summed E-state index contributed by atoms with van der Waals surface area (Å²) in [4.78, 5) is 23.1. The van der Waals surface area contributed by atoms with Crippen LogP contribution in [0.25, 0.3) is 0 Å². The topological polar surface area (TPSA) is 56.0 Å². The van der Waals surface area contributed by atoms with Crippen LogP contribution in [0.15, 0.2) is 15.7 Å². The van der Waals surface area contributed by atoms with Crippen molar-refractivity contribution in [3.8, 4) is 0 Å². The molecule has 1 fully saturated rings. The highest BCUT2D eigenvalue weighted by Crippen LogP contribution is 2.48. The molecule has 0 atom stereocenters. The predicted octanol–water partition coefficient (Wildman–Crippen LogP) is 0.268. The standard InChI is InChI=1S/C11H14F3N3O2/c1-16-7(5-8(18)17(2)9(16)19)6-15-10(3-4-10)11(12,13)14/h5,15H,3-4,6H2,1-2H3. The van der Waals surface area contributed by atoms with Crippen LogP contribution in [0.1, 0.15) is 18.5 Å². The van der Waals surface area contributed by atoms with E-state index in [1.807, 2.05) is 0 Å². The Balaban J connectivity index is 2.23. The Morgan fingerprint density at radius 2 is 1.84 bits per heavy atom. The van der Waals surface area contributed by atoms with Gasteiger partial charge >= 0.3 is 11.9 Å². The Kier molecular flexibility index (Phi) is 3.08. The second-order valence-electron chi connectivity index (χ2n) is 4.81. The van der Waals surface area contributed by atoms with Crippen molar-refractivity contribution in [1.29, 1.82) is 0 Å². The molecule has 1 saturated carbocycles. The van der Waals surface area contributed by atoms with Crippen molar-refractivity contribution in [2.75, 3.05) is 0 Å². The lowest BCUT2D eigenvalue weighted by molar-refractivity contribution is -0.166. The summed E-state index contributed by atoms with van der Waals surface area (Å²) in [6, 6.07) is 1.17. The van der Waals surface area contributed by atoms with Crippen molar-refractivity contribution < 1.29 is 13.2 Å². The SMILES string of the molecule is Cn1c(CNC2(C(F)(F)F)CC2)cc(=O)n(C)c1=O. The van der Waals surface area contributed by atoms with Gasteiger partial charge in [-0.1, -0.05) is 0 Å². The number of alkyl halides is 3. The van der Waals surface area contributed by atoms with Crippen molar-refractivity contribution in [2.45, 2.75) is 31.1 Å². The average Bonchev–Trinajstić information content (AvgIpc) is 3.10. The van der Waals surface area contributed by atoms with Gasteiger partial charge in [-0.15, -0.1) is 0 Å². The Morgan fingerprint density at radius 1 is 1.26 bits per heavy atom. The third kappa shape index (κ3) is 2.32. The molecule has 1 aromatic rings. The lowest BCUT2D eigenvalue weighted by Gasteiger charge is -2.21. The highest BCUT2D eigenvalue weighted by Gasteiger charge is 2.62. The van der Waals surface area contributed by atoms with Crippen molar-refractivity contribution in [3.63, 3.8) is 0 Å². The van der Waals surface area contributed by atoms with Crippen LogP contribution in [-0.4, -0.2) is 20.8 Å². The summed E-state index contributed by atoms with van der Waals surface area (Å²) in [5.74, 6) is 0. The van der Waals surface area contributed by atoms with Gasteiger partial charge in [-0.2, -0.15) is 13.2 Å². The van der Waals surface area contributed by atoms with E-state index in [4.69, 9.17) is 0 Å². The molecule has 0 aliphatic heterocycles. The predicted molar refractivity (Wildman–Crippen MR) is 61.8 cm³/mol. The van der Waals surface area contributed by atoms with E-state index in [1.54, 1.807) is 0 Å². The Labute approximate surface area is 106 Å². The minimum Gasteiger partial charge on any atom is -0.299 e. The van der Waals surface area contributed by atoms with Gasteiger partial charge in [0.1, 0.15) is 5.54 Å². The van der Waals surface area contributed by atoms with Gasteiger partial charge in [0, 0.05) is 32.4 Å². The molecule has 1 aliphatic rings. The zero-order valence-electron chi connectivity index (χ0n) is 10.5. The lowest BCUT2D eigenvalue weighted by atomic mass is 10.2. The van der Waals surface area contributed by atoms with Crippen molar-refractivity contribution in [1.82, 2.24) is 14.5 Å². The minimum atomic E-state index is -4.31. The van der Waals surface area contributed by atoms with Crippen LogP contribution in [0.4, 0.5) is 13.2 Å². The van der Waals surface area contributed by atoms with E-state index in [0.29, 0.717) is 0 Å². The molecule has 0 bridgehead atoms. The maximum Gasteiger partial charge on any atom is 0.406 e. The molecular weight excluding hydrogens is 263 g/mol. The summed E-state index contributed by atoms with van der Waals surface area (Å²) >= 11 is 0. The summed E-state index contributed by atoms with van der Waals surface area (Å²) in [6.45, 7) is -0.165. The fourth-order valence-electron chi connectivity index (χ4n) is 1.89. The van der Waals surface area contributed by atoms with Crippen molar-refractivity contribution >= 4 is 0 Å². The molecule has 1 aromatic heterocycles. The fraction of sp³-hybridized carbons (Fsp3) is 0.636. The Morgan fingerprint density at radius 3 is 2.32 bits per heavy atom. The van der Waals surface area contributed by atoms with E-state index >= 15 is 0 Å². The van der Waals surface area contributed by atoms with E-state index in [0.717, 1.165) is 4.57 Å². The molecule has 0 saturated heterocycles. The van der Waals surface area contributed by atoms with Crippen molar-refractivity contribution in [2.24, 2.45) is 14.1 Å². The van der Waals surface area contributed by atoms with E-state index in [1.165, 1.54) is 24.7 Å². The molecule has 1 N–H and O–H groups in total. The van der Waals surface area contributed by atoms with Gasteiger partial charge in [0.2, 0.25) is 0 Å². The second kappa shape index (κ2) is 4.22. The number of nitrogens with zero attached hydrogens (tertiary/aromatic N) is 2. The summed E-state index contributed by atoms with van der Waals surface area (Å²) in [5, 5.41) is 2.41. The molecule has 0 spiro atoms. The molecular formula is C11H14F3N3O2. The second-order valence-corrected chi connectivity index (χ2v) is 4.81. The van der Waals surface area contributed by atoms with Gasteiger partial charge in [0.05, 0.1) is 0 Å².